The summed E-state index contributed by atoms with van der Waals surface area (Å²) in [6, 6.07) is 0.324. The second-order valence-electron chi connectivity index (χ2n) is 7.21. The zero-order valence-corrected chi connectivity index (χ0v) is 17.7. The normalized spacial score (nSPS) is 22.1. The standard InChI is InChI=1S/C21H33FN4O2/c1-15(21(23-3)18-10-11-20(27-6)28-14-19(18)22)26(5)16(2)24-13-17-9-7-8-12-25(17)4/h10-11,14-15,17,24H,2,7-9,12-13H2,1,3-6H3. The molecule has 7 heteroatoms. The van der Waals surface area contributed by atoms with Gasteiger partial charge in [-0.25, -0.2) is 4.39 Å². The van der Waals surface area contributed by atoms with Crippen molar-refractivity contribution in [3.05, 3.63) is 48.2 Å². The molecule has 0 aliphatic carbocycles. The molecule has 1 saturated heterocycles. The van der Waals surface area contributed by atoms with Crippen LogP contribution in [0.3, 0.4) is 0 Å². The number of aliphatic imine (C=N–C) groups is 1. The quantitative estimate of drug-likeness (QED) is 0.643. The zero-order valence-electron chi connectivity index (χ0n) is 17.7. The number of halogens is 1. The van der Waals surface area contributed by atoms with E-state index in [1.54, 1.807) is 19.2 Å². The third-order valence-electron chi connectivity index (χ3n) is 5.51. The third-order valence-corrected chi connectivity index (χ3v) is 5.51. The molecule has 2 unspecified atom stereocenters. The van der Waals surface area contributed by atoms with E-state index in [0.717, 1.165) is 25.2 Å². The van der Waals surface area contributed by atoms with Gasteiger partial charge in [-0.1, -0.05) is 13.0 Å². The molecule has 0 saturated carbocycles. The summed E-state index contributed by atoms with van der Waals surface area (Å²) in [5, 5.41) is 3.44. The summed E-state index contributed by atoms with van der Waals surface area (Å²) in [6.45, 7) is 8.12. The minimum Gasteiger partial charge on any atom is -0.468 e. The van der Waals surface area contributed by atoms with Crippen molar-refractivity contribution in [1.29, 1.82) is 0 Å². The number of hydrogen-bond acceptors (Lipinski definition) is 6. The van der Waals surface area contributed by atoms with Crippen LogP contribution in [0.2, 0.25) is 0 Å². The van der Waals surface area contributed by atoms with E-state index < -0.39 is 5.83 Å². The van der Waals surface area contributed by atoms with Gasteiger partial charge in [-0.05, 0) is 39.4 Å². The first-order valence-electron chi connectivity index (χ1n) is 9.70. The fourth-order valence-electron chi connectivity index (χ4n) is 3.48. The maximum atomic E-state index is 14.5. The Kier molecular flexibility index (Phi) is 8.11. The maximum Gasteiger partial charge on any atom is 0.283 e. The Morgan fingerprint density at radius 1 is 1.50 bits per heavy atom. The number of likely N-dealkylation sites (tertiary alicyclic amines) is 1. The van der Waals surface area contributed by atoms with Crippen LogP contribution in [0.5, 0.6) is 0 Å². The van der Waals surface area contributed by atoms with Crippen LogP contribution in [0.1, 0.15) is 26.2 Å². The number of nitrogens with zero attached hydrogens (tertiary/aromatic N) is 3. The highest BCUT2D eigenvalue weighted by Crippen LogP contribution is 2.23. The van der Waals surface area contributed by atoms with Crippen molar-refractivity contribution in [3.63, 3.8) is 0 Å². The molecule has 2 atom stereocenters. The molecule has 0 spiro atoms. The van der Waals surface area contributed by atoms with Crippen LogP contribution >= 0.6 is 0 Å². The number of allylic oxidation sites excluding steroid dienone is 3. The molecule has 0 aromatic heterocycles. The second-order valence-corrected chi connectivity index (χ2v) is 7.21. The van der Waals surface area contributed by atoms with E-state index in [9.17, 15) is 4.39 Å². The van der Waals surface area contributed by atoms with Gasteiger partial charge >= 0.3 is 0 Å². The van der Waals surface area contributed by atoms with Crippen molar-refractivity contribution >= 4 is 5.71 Å². The molecular weight excluding hydrogens is 359 g/mol. The molecule has 2 aliphatic heterocycles. The smallest absolute Gasteiger partial charge is 0.283 e. The summed E-state index contributed by atoms with van der Waals surface area (Å²) in [6.07, 6.45) is 7.96. The van der Waals surface area contributed by atoms with Crippen molar-refractivity contribution in [2.75, 3.05) is 41.3 Å². The molecule has 1 N–H and O–H groups in total. The number of hydrogen-bond donors (Lipinski definition) is 1. The van der Waals surface area contributed by atoms with Gasteiger partial charge in [0.25, 0.3) is 5.95 Å². The van der Waals surface area contributed by atoms with E-state index in [1.807, 2.05) is 18.9 Å². The molecule has 2 heterocycles. The molecule has 0 aromatic rings. The van der Waals surface area contributed by atoms with Crippen LogP contribution < -0.4 is 5.32 Å². The fourth-order valence-corrected chi connectivity index (χ4v) is 3.48. The van der Waals surface area contributed by atoms with Crippen LogP contribution in [0.4, 0.5) is 4.39 Å². The highest BCUT2D eigenvalue weighted by Gasteiger charge is 2.25. The molecule has 0 amide bonds. The van der Waals surface area contributed by atoms with Gasteiger partial charge in [-0.3, -0.25) is 4.99 Å². The first-order chi connectivity index (χ1) is 13.4. The van der Waals surface area contributed by atoms with Gasteiger partial charge in [0.15, 0.2) is 5.83 Å². The van der Waals surface area contributed by atoms with Crippen LogP contribution in [-0.2, 0) is 9.47 Å². The lowest BCUT2D eigenvalue weighted by atomic mass is 10.0. The van der Waals surface area contributed by atoms with Crippen molar-refractivity contribution in [1.82, 2.24) is 15.1 Å². The molecule has 0 bridgehead atoms. The number of methoxy groups -OCH3 is 1. The first-order valence-corrected chi connectivity index (χ1v) is 9.70. The molecule has 28 heavy (non-hydrogen) atoms. The Labute approximate surface area is 168 Å². The summed E-state index contributed by atoms with van der Waals surface area (Å²) in [5.41, 5.74) is 0.972. The SMILES string of the molecule is C=C(NCC1CCCCN1C)N(C)C(C)C(=NC)C1=CC=C(OC)OC=C1F. The third kappa shape index (κ3) is 5.38. The predicted molar refractivity (Wildman–Crippen MR) is 111 cm³/mol. The van der Waals surface area contributed by atoms with Crippen LogP contribution in [-0.4, -0.2) is 68.9 Å². The molecule has 0 radical (unpaired) electrons. The van der Waals surface area contributed by atoms with Gasteiger partial charge in [0.1, 0.15) is 6.26 Å². The Hall–Kier alpha value is -2.28. The molecule has 2 rings (SSSR count). The van der Waals surface area contributed by atoms with E-state index in [4.69, 9.17) is 9.47 Å². The van der Waals surface area contributed by atoms with E-state index in [0.29, 0.717) is 17.3 Å². The number of piperidine rings is 1. The molecule has 0 aromatic carbocycles. The van der Waals surface area contributed by atoms with Gasteiger partial charge in [0, 0.05) is 38.3 Å². The summed E-state index contributed by atoms with van der Waals surface area (Å²) in [4.78, 5) is 8.71. The first kappa shape index (κ1) is 22.0. The number of rotatable bonds is 8. The second kappa shape index (κ2) is 10.3. The van der Waals surface area contributed by atoms with Crippen LogP contribution in [0, 0.1) is 0 Å². The molecule has 156 valence electrons. The van der Waals surface area contributed by atoms with Crippen molar-refractivity contribution < 1.29 is 13.9 Å². The molecule has 1 fully saturated rings. The maximum absolute atomic E-state index is 14.5. The Bertz CT molecular complexity index is 684. The summed E-state index contributed by atoms with van der Waals surface area (Å²) in [7, 11) is 7.23. The van der Waals surface area contributed by atoms with Crippen LogP contribution in [0.15, 0.2) is 53.2 Å². The van der Waals surface area contributed by atoms with Crippen molar-refractivity contribution in [2.45, 2.75) is 38.3 Å². The number of likely N-dealkylation sites (N-methyl/N-ethyl adjacent to an activating group) is 1. The predicted octanol–water partition coefficient (Wildman–Crippen LogP) is 3.18. The van der Waals surface area contributed by atoms with E-state index in [-0.39, 0.29) is 12.0 Å². The average molecular weight is 393 g/mol. The van der Waals surface area contributed by atoms with Gasteiger partial charge in [0.2, 0.25) is 0 Å². The number of ether oxygens (including phenoxy) is 2. The molecule has 6 nitrogen and oxygen atoms in total. The average Bonchev–Trinajstić information content (AvgIpc) is 2.88. The lowest BCUT2D eigenvalue weighted by Crippen LogP contribution is -2.46. The van der Waals surface area contributed by atoms with E-state index >= 15 is 0 Å². The summed E-state index contributed by atoms with van der Waals surface area (Å²) < 4.78 is 24.7. The largest absolute Gasteiger partial charge is 0.468 e. The minimum absolute atomic E-state index is 0.183. The van der Waals surface area contributed by atoms with Gasteiger partial charge in [-0.15, -0.1) is 0 Å². The van der Waals surface area contributed by atoms with Gasteiger partial charge in [0.05, 0.1) is 24.7 Å². The van der Waals surface area contributed by atoms with E-state index in [2.05, 4.69) is 28.8 Å². The monoisotopic (exact) mass is 392 g/mol. The fraction of sp³-hybridized carbons (Fsp3) is 0.571. The minimum atomic E-state index is -0.494. The van der Waals surface area contributed by atoms with Crippen molar-refractivity contribution in [3.8, 4) is 0 Å². The van der Waals surface area contributed by atoms with Crippen molar-refractivity contribution in [2.24, 2.45) is 4.99 Å². The Morgan fingerprint density at radius 2 is 2.25 bits per heavy atom. The van der Waals surface area contributed by atoms with Gasteiger partial charge < -0.3 is 24.6 Å². The zero-order chi connectivity index (χ0) is 20.7. The highest BCUT2D eigenvalue weighted by atomic mass is 19.1. The van der Waals surface area contributed by atoms with E-state index in [1.165, 1.54) is 26.4 Å². The molecular formula is C21H33FN4O2. The lowest BCUT2D eigenvalue weighted by molar-refractivity contribution is 0.118. The topological polar surface area (TPSA) is 49.3 Å². The summed E-state index contributed by atoms with van der Waals surface area (Å²) >= 11 is 0. The highest BCUT2D eigenvalue weighted by molar-refractivity contribution is 6.07. The lowest BCUT2D eigenvalue weighted by Gasteiger charge is -2.35. The summed E-state index contributed by atoms with van der Waals surface area (Å²) in [5.74, 6) is 0.520. The number of nitrogens with one attached hydrogen (secondary N) is 1. The Balaban J connectivity index is 2.05. The van der Waals surface area contributed by atoms with Crippen LogP contribution in [0.25, 0.3) is 0 Å². The molecule has 2 aliphatic rings. The van der Waals surface area contributed by atoms with Gasteiger partial charge in [-0.2, -0.15) is 0 Å². The Morgan fingerprint density at radius 3 is 2.89 bits per heavy atom.